The smallest absolute Gasteiger partial charge is 0.241 e. The minimum absolute atomic E-state index is 0.0725. The molecule has 2 aliphatic rings. The van der Waals surface area contributed by atoms with Gasteiger partial charge in [-0.15, -0.1) is 0 Å². The van der Waals surface area contributed by atoms with Crippen LogP contribution in [0.3, 0.4) is 0 Å². The van der Waals surface area contributed by atoms with Gasteiger partial charge in [-0.25, -0.2) is 4.39 Å². The van der Waals surface area contributed by atoms with Gasteiger partial charge < -0.3 is 16.0 Å². The predicted molar refractivity (Wildman–Crippen MR) is 86.6 cm³/mol. The van der Waals surface area contributed by atoms with Gasteiger partial charge in [-0.3, -0.25) is 9.59 Å². The monoisotopic (exact) mass is 319 g/mol. The number of carbonyl (C=O) groups is 2. The average molecular weight is 319 g/mol. The van der Waals surface area contributed by atoms with Gasteiger partial charge in [0.15, 0.2) is 0 Å². The fourth-order valence-electron chi connectivity index (χ4n) is 3.64. The van der Waals surface area contributed by atoms with E-state index >= 15 is 0 Å². The Morgan fingerprint density at radius 2 is 2.00 bits per heavy atom. The molecule has 1 aromatic rings. The summed E-state index contributed by atoms with van der Waals surface area (Å²) < 4.78 is 13.6. The maximum absolute atomic E-state index is 13.6. The molecule has 1 aliphatic heterocycles. The van der Waals surface area contributed by atoms with Crippen molar-refractivity contribution in [3.63, 3.8) is 0 Å². The fraction of sp³-hybridized carbons (Fsp3) is 0.529. The summed E-state index contributed by atoms with van der Waals surface area (Å²) in [5.41, 5.74) is 0.556. The lowest BCUT2D eigenvalue weighted by molar-refractivity contribution is -0.118. The number of carbonyl (C=O) groups excluding carboxylic acids is 2. The second kappa shape index (κ2) is 6.66. The number of nitrogens with one attached hydrogen (secondary N) is 3. The van der Waals surface area contributed by atoms with Gasteiger partial charge in [0.05, 0.1) is 11.7 Å². The summed E-state index contributed by atoms with van der Waals surface area (Å²) in [6, 6.07) is 4.43. The van der Waals surface area contributed by atoms with E-state index in [1.807, 2.05) is 0 Å². The molecule has 1 aromatic carbocycles. The van der Waals surface area contributed by atoms with Crippen LogP contribution in [0.1, 0.15) is 39.0 Å². The summed E-state index contributed by atoms with van der Waals surface area (Å²) in [6.45, 7) is 1.31. The lowest BCUT2D eigenvalue weighted by Gasteiger charge is -2.24. The molecular formula is C17H22FN3O2. The molecule has 3 atom stereocenters. The first-order valence-electron chi connectivity index (χ1n) is 8.17. The van der Waals surface area contributed by atoms with Crippen molar-refractivity contribution in [3.8, 4) is 0 Å². The highest BCUT2D eigenvalue weighted by molar-refractivity contribution is 5.96. The number of hydrogen-bond acceptors (Lipinski definition) is 3. The summed E-state index contributed by atoms with van der Waals surface area (Å²) >= 11 is 0. The van der Waals surface area contributed by atoms with E-state index in [0.29, 0.717) is 17.6 Å². The van der Waals surface area contributed by atoms with E-state index in [1.165, 1.54) is 44.4 Å². The summed E-state index contributed by atoms with van der Waals surface area (Å²) in [7, 11) is 0. The molecule has 1 saturated heterocycles. The molecule has 3 unspecified atom stereocenters. The number of anilines is 2. The zero-order valence-electron chi connectivity index (χ0n) is 13.2. The first-order valence-corrected chi connectivity index (χ1v) is 8.17. The molecule has 0 bridgehead atoms. The Bertz CT molecular complexity index is 606. The summed E-state index contributed by atoms with van der Waals surface area (Å²) in [5.74, 6) is -0.389. The number of benzene rings is 1. The maximum atomic E-state index is 13.6. The molecule has 124 valence electrons. The molecule has 2 fully saturated rings. The quantitative estimate of drug-likeness (QED) is 0.802. The van der Waals surface area contributed by atoms with E-state index in [9.17, 15) is 14.0 Å². The van der Waals surface area contributed by atoms with Gasteiger partial charge in [0, 0.05) is 18.7 Å². The molecule has 23 heavy (non-hydrogen) atoms. The molecule has 0 spiro atoms. The number of rotatable bonds is 3. The van der Waals surface area contributed by atoms with Crippen LogP contribution in [0.25, 0.3) is 0 Å². The third-order valence-electron chi connectivity index (χ3n) is 4.72. The normalized spacial score (nSPS) is 26.4. The molecule has 1 heterocycles. The largest absolute Gasteiger partial charge is 0.325 e. The van der Waals surface area contributed by atoms with Crippen LogP contribution in [-0.4, -0.2) is 23.9 Å². The molecule has 2 amide bonds. The van der Waals surface area contributed by atoms with Crippen LogP contribution in [-0.2, 0) is 9.59 Å². The van der Waals surface area contributed by atoms with Crippen molar-refractivity contribution in [2.24, 2.45) is 5.92 Å². The van der Waals surface area contributed by atoms with Crippen LogP contribution >= 0.6 is 0 Å². The van der Waals surface area contributed by atoms with Gasteiger partial charge in [-0.2, -0.15) is 0 Å². The topological polar surface area (TPSA) is 70.2 Å². The molecule has 0 aromatic heterocycles. The van der Waals surface area contributed by atoms with Crippen LogP contribution in [0.4, 0.5) is 15.8 Å². The first-order chi connectivity index (χ1) is 11.0. The maximum Gasteiger partial charge on any atom is 0.241 e. The zero-order chi connectivity index (χ0) is 16.4. The average Bonchev–Trinajstić information content (AvgIpc) is 2.94. The van der Waals surface area contributed by atoms with Crippen molar-refractivity contribution in [3.05, 3.63) is 24.0 Å². The van der Waals surface area contributed by atoms with Crippen molar-refractivity contribution >= 4 is 23.2 Å². The van der Waals surface area contributed by atoms with E-state index < -0.39 is 5.82 Å². The standard InChI is InChI=1S/C17H22FN3O2/c1-10(22)19-15-9-12(6-7-13(15)18)20-17(23)16-8-11-4-2-3-5-14(11)21-16/h6-7,9,11,14,16,21H,2-5,8H2,1H3,(H,19,22)(H,20,23). The molecule has 5 nitrogen and oxygen atoms in total. The molecule has 1 saturated carbocycles. The lowest BCUT2D eigenvalue weighted by atomic mass is 9.85. The highest BCUT2D eigenvalue weighted by Gasteiger charge is 2.38. The van der Waals surface area contributed by atoms with E-state index in [0.717, 1.165) is 12.8 Å². The van der Waals surface area contributed by atoms with E-state index in [2.05, 4.69) is 16.0 Å². The van der Waals surface area contributed by atoms with Crippen molar-refractivity contribution in [1.29, 1.82) is 0 Å². The van der Waals surface area contributed by atoms with Gasteiger partial charge in [-0.05, 0) is 43.4 Å². The van der Waals surface area contributed by atoms with Crippen LogP contribution in [0.2, 0.25) is 0 Å². The Kier molecular flexibility index (Phi) is 4.61. The van der Waals surface area contributed by atoms with Crippen molar-refractivity contribution < 1.29 is 14.0 Å². The Balaban J connectivity index is 1.65. The number of hydrogen-bond donors (Lipinski definition) is 3. The minimum atomic E-state index is -0.525. The molecular weight excluding hydrogens is 297 g/mol. The molecule has 6 heteroatoms. The number of amides is 2. The van der Waals surface area contributed by atoms with Crippen LogP contribution in [0.5, 0.6) is 0 Å². The van der Waals surface area contributed by atoms with Crippen molar-refractivity contribution in [1.82, 2.24) is 5.32 Å². The van der Waals surface area contributed by atoms with Crippen molar-refractivity contribution in [2.45, 2.75) is 51.1 Å². The van der Waals surface area contributed by atoms with Gasteiger partial charge in [0.1, 0.15) is 5.82 Å². The van der Waals surface area contributed by atoms with E-state index in [1.54, 1.807) is 0 Å². The Labute approximate surface area is 135 Å². The molecule has 0 radical (unpaired) electrons. The van der Waals surface area contributed by atoms with Crippen LogP contribution < -0.4 is 16.0 Å². The third-order valence-corrected chi connectivity index (χ3v) is 4.72. The fourth-order valence-corrected chi connectivity index (χ4v) is 3.64. The SMILES string of the molecule is CC(=O)Nc1cc(NC(=O)C2CC3CCCCC3N2)ccc1F. The minimum Gasteiger partial charge on any atom is -0.325 e. The number of halogens is 1. The van der Waals surface area contributed by atoms with Crippen molar-refractivity contribution in [2.75, 3.05) is 10.6 Å². The third kappa shape index (κ3) is 3.69. The predicted octanol–water partition coefficient (Wildman–Crippen LogP) is 2.64. The Hall–Kier alpha value is -1.95. The highest BCUT2D eigenvalue weighted by Crippen LogP contribution is 2.33. The first kappa shape index (κ1) is 15.9. The molecule has 3 rings (SSSR count). The Morgan fingerprint density at radius 1 is 1.22 bits per heavy atom. The van der Waals surface area contributed by atoms with Crippen LogP contribution in [0, 0.1) is 11.7 Å². The van der Waals surface area contributed by atoms with Gasteiger partial charge >= 0.3 is 0 Å². The van der Waals surface area contributed by atoms with Crippen LogP contribution in [0.15, 0.2) is 18.2 Å². The molecule has 1 aliphatic carbocycles. The number of fused-ring (bicyclic) bond motifs is 1. The Morgan fingerprint density at radius 3 is 2.74 bits per heavy atom. The summed E-state index contributed by atoms with van der Waals surface area (Å²) in [6.07, 6.45) is 5.65. The second-order valence-electron chi connectivity index (χ2n) is 6.47. The van der Waals surface area contributed by atoms with Gasteiger partial charge in [0.25, 0.3) is 0 Å². The molecule has 3 N–H and O–H groups in total. The van der Waals surface area contributed by atoms with Gasteiger partial charge in [-0.1, -0.05) is 12.8 Å². The second-order valence-corrected chi connectivity index (χ2v) is 6.47. The summed E-state index contributed by atoms with van der Waals surface area (Å²) in [4.78, 5) is 23.5. The summed E-state index contributed by atoms with van der Waals surface area (Å²) in [5, 5.41) is 8.65. The lowest BCUT2D eigenvalue weighted by Crippen LogP contribution is -2.39. The van der Waals surface area contributed by atoms with E-state index in [4.69, 9.17) is 0 Å². The highest BCUT2D eigenvalue weighted by atomic mass is 19.1. The van der Waals surface area contributed by atoms with Gasteiger partial charge in [0.2, 0.25) is 11.8 Å². The van der Waals surface area contributed by atoms with E-state index in [-0.39, 0.29) is 23.5 Å². The zero-order valence-corrected chi connectivity index (χ0v) is 13.2.